The van der Waals surface area contributed by atoms with Crippen LogP contribution < -0.4 is 0 Å². The number of hydrogen-bond donors (Lipinski definition) is 0. The molecule has 0 fully saturated rings. The average Bonchev–Trinajstić information content (AvgIpc) is 2.26. The molecule has 1 rings (SSSR count). The lowest BCUT2D eigenvalue weighted by Crippen LogP contribution is -2.13. The Balaban J connectivity index is 2.97. The van der Waals surface area contributed by atoms with Gasteiger partial charge in [-0.2, -0.15) is 0 Å². The molecule has 1 aromatic rings. The van der Waals surface area contributed by atoms with Crippen LogP contribution in [-0.4, -0.2) is 19.4 Å². The highest BCUT2D eigenvalue weighted by molar-refractivity contribution is 14.1. The summed E-state index contributed by atoms with van der Waals surface area (Å²) in [5, 5.41) is 0. The predicted octanol–water partition coefficient (Wildman–Crippen LogP) is 3.96. The first-order chi connectivity index (χ1) is 7.99. The number of aryl methyl sites for hydroxylation is 1. The molecule has 3 nitrogen and oxygen atoms in total. The molecule has 0 N–H and O–H groups in total. The molecule has 0 aliphatic carbocycles. The van der Waals surface area contributed by atoms with Gasteiger partial charge in [-0.25, -0.2) is 4.79 Å². The molecule has 0 aliphatic heterocycles. The van der Waals surface area contributed by atoms with Crippen LogP contribution in [0.1, 0.15) is 22.8 Å². The van der Waals surface area contributed by atoms with Crippen LogP contribution in [-0.2, 0) is 9.47 Å². The van der Waals surface area contributed by atoms with Gasteiger partial charge in [0.15, 0.2) is 6.79 Å². The Hall–Kier alpha value is 0.840. The molecule has 0 atom stereocenters. The van der Waals surface area contributed by atoms with Crippen LogP contribution in [0, 0.1) is 17.6 Å². The second-order valence-corrected chi connectivity index (χ2v) is 6.54. The number of carbonyl (C=O) groups excluding carboxylic acids is 1. The van der Waals surface area contributed by atoms with Crippen LogP contribution in [0.3, 0.4) is 0 Å². The van der Waals surface area contributed by atoms with Gasteiger partial charge >= 0.3 is 5.97 Å². The second kappa shape index (κ2) is 7.43. The molecule has 0 saturated carbocycles. The van der Waals surface area contributed by atoms with Crippen LogP contribution >= 0.6 is 67.8 Å². The Labute approximate surface area is 141 Å². The van der Waals surface area contributed by atoms with Crippen molar-refractivity contribution in [1.82, 2.24) is 0 Å². The topological polar surface area (TPSA) is 35.5 Å². The van der Waals surface area contributed by atoms with Crippen LogP contribution in [0.25, 0.3) is 0 Å². The number of hydrogen-bond acceptors (Lipinski definition) is 3. The first-order valence-electron chi connectivity index (χ1n) is 4.88. The van der Waals surface area contributed by atoms with Crippen molar-refractivity contribution < 1.29 is 14.3 Å². The summed E-state index contributed by atoms with van der Waals surface area (Å²) in [6, 6.07) is 1.99. The number of benzene rings is 1. The highest BCUT2D eigenvalue weighted by Crippen LogP contribution is 2.27. The SMILES string of the molecule is CCOCOC(=O)c1c(I)cc(C)c(I)c1I. The third kappa shape index (κ3) is 4.16. The third-order valence-electron chi connectivity index (χ3n) is 2.02. The molecule has 0 aromatic heterocycles. The molecule has 0 bridgehead atoms. The molecular formula is C11H11I3O3. The smallest absolute Gasteiger partial charge is 0.342 e. The van der Waals surface area contributed by atoms with Gasteiger partial charge in [0, 0.05) is 17.3 Å². The maximum absolute atomic E-state index is 11.9. The Morgan fingerprint density at radius 3 is 2.53 bits per heavy atom. The average molecular weight is 572 g/mol. The van der Waals surface area contributed by atoms with E-state index in [-0.39, 0.29) is 12.8 Å². The largest absolute Gasteiger partial charge is 0.435 e. The van der Waals surface area contributed by atoms with Gasteiger partial charge in [-0.05, 0) is 93.2 Å². The Bertz CT molecular complexity index is 432. The van der Waals surface area contributed by atoms with Crippen molar-refractivity contribution in [2.24, 2.45) is 0 Å². The van der Waals surface area contributed by atoms with Crippen molar-refractivity contribution in [2.75, 3.05) is 13.4 Å². The highest BCUT2D eigenvalue weighted by Gasteiger charge is 2.19. The second-order valence-electron chi connectivity index (χ2n) is 3.22. The first-order valence-corrected chi connectivity index (χ1v) is 8.11. The van der Waals surface area contributed by atoms with E-state index in [9.17, 15) is 4.79 Å². The van der Waals surface area contributed by atoms with E-state index in [1.807, 2.05) is 19.9 Å². The zero-order chi connectivity index (χ0) is 13.0. The summed E-state index contributed by atoms with van der Waals surface area (Å²) >= 11 is 6.57. The van der Waals surface area contributed by atoms with Crippen molar-refractivity contribution in [3.63, 3.8) is 0 Å². The lowest BCUT2D eigenvalue weighted by atomic mass is 10.1. The fourth-order valence-electron chi connectivity index (χ4n) is 1.15. The van der Waals surface area contributed by atoms with E-state index in [1.165, 1.54) is 5.56 Å². The molecule has 6 heteroatoms. The Kier molecular flexibility index (Phi) is 6.95. The summed E-state index contributed by atoms with van der Waals surface area (Å²) in [5.41, 5.74) is 1.79. The minimum atomic E-state index is -0.329. The number of esters is 1. The number of rotatable bonds is 4. The molecule has 0 radical (unpaired) electrons. The van der Waals surface area contributed by atoms with Gasteiger partial charge in [-0.1, -0.05) is 0 Å². The number of ether oxygens (including phenoxy) is 2. The molecular weight excluding hydrogens is 561 g/mol. The molecule has 0 aliphatic rings. The van der Waals surface area contributed by atoms with Gasteiger partial charge in [-0.15, -0.1) is 0 Å². The quantitative estimate of drug-likeness (QED) is 0.181. The van der Waals surface area contributed by atoms with Gasteiger partial charge in [0.1, 0.15) is 0 Å². The molecule has 1 aromatic carbocycles. The number of halogens is 3. The van der Waals surface area contributed by atoms with E-state index in [1.54, 1.807) is 0 Å². The fraction of sp³-hybridized carbons (Fsp3) is 0.364. The van der Waals surface area contributed by atoms with Crippen LogP contribution in [0.15, 0.2) is 6.07 Å². The highest BCUT2D eigenvalue weighted by atomic mass is 127. The zero-order valence-corrected chi connectivity index (χ0v) is 15.8. The van der Waals surface area contributed by atoms with E-state index in [0.717, 1.165) is 10.7 Å². The van der Waals surface area contributed by atoms with E-state index in [0.29, 0.717) is 12.2 Å². The molecule has 0 amide bonds. The summed E-state index contributed by atoms with van der Waals surface area (Å²) in [6.07, 6.45) is 0. The van der Waals surface area contributed by atoms with Gasteiger partial charge in [0.05, 0.1) is 5.56 Å². The van der Waals surface area contributed by atoms with Gasteiger partial charge in [-0.3, -0.25) is 0 Å². The van der Waals surface area contributed by atoms with Crippen LogP contribution in [0.2, 0.25) is 0 Å². The summed E-state index contributed by atoms with van der Waals surface area (Å²) < 4.78 is 13.0. The van der Waals surface area contributed by atoms with Crippen molar-refractivity contribution in [2.45, 2.75) is 13.8 Å². The maximum Gasteiger partial charge on any atom is 0.342 e. The summed E-state index contributed by atoms with van der Waals surface area (Å²) in [7, 11) is 0. The third-order valence-corrected chi connectivity index (χ3v) is 6.37. The molecule has 0 unspecified atom stereocenters. The normalized spacial score (nSPS) is 10.4. The lowest BCUT2D eigenvalue weighted by Gasteiger charge is -2.11. The van der Waals surface area contributed by atoms with Crippen molar-refractivity contribution in [3.05, 3.63) is 27.9 Å². The van der Waals surface area contributed by atoms with E-state index < -0.39 is 0 Å². The van der Waals surface area contributed by atoms with Crippen molar-refractivity contribution >= 4 is 73.7 Å². The summed E-state index contributed by atoms with van der Waals surface area (Å²) in [4.78, 5) is 11.9. The van der Waals surface area contributed by atoms with Crippen LogP contribution in [0.4, 0.5) is 0 Å². The van der Waals surface area contributed by atoms with Gasteiger partial charge in [0.2, 0.25) is 0 Å². The Morgan fingerprint density at radius 1 is 1.29 bits per heavy atom. The zero-order valence-electron chi connectivity index (χ0n) is 9.35. The van der Waals surface area contributed by atoms with Crippen molar-refractivity contribution in [3.8, 4) is 0 Å². The Morgan fingerprint density at radius 2 is 1.94 bits per heavy atom. The van der Waals surface area contributed by atoms with E-state index >= 15 is 0 Å². The monoisotopic (exact) mass is 572 g/mol. The standard InChI is InChI=1S/C11H11I3O3/c1-3-16-5-17-11(15)8-7(12)4-6(2)9(13)10(8)14/h4H,3,5H2,1-2H3. The van der Waals surface area contributed by atoms with E-state index in [2.05, 4.69) is 67.8 Å². The molecule has 0 saturated heterocycles. The maximum atomic E-state index is 11.9. The molecule has 0 heterocycles. The van der Waals surface area contributed by atoms with Crippen LogP contribution in [0.5, 0.6) is 0 Å². The predicted molar refractivity (Wildman–Crippen MR) is 91.2 cm³/mol. The van der Waals surface area contributed by atoms with Crippen molar-refractivity contribution in [1.29, 1.82) is 0 Å². The minimum Gasteiger partial charge on any atom is -0.435 e. The fourth-order valence-corrected chi connectivity index (χ4v) is 3.99. The molecule has 17 heavy (non-hydrogen) atoms. The molecule has 0 spiro atoms. The number of carbonyl (C=O) groups is 1. The summed E-state index contributed by atoms with van der Waals surface area (Å²) in [5.74, 6) is -0.329. The van der Waals surface area contributed by atoms with Gasteiger partial charge in [0.25, 0.3) is 0 Å². The first kappa shape index (κ1) is 15.9. The lowest BCUT2D eigenvalue weighted by molar-refractivity contribution is -0.0276. The molecule has 94 valence electrons. The summed E-state index contributed by atoms with van der Waals surface area (Å²) in [6.45, 7) is 4.43. The minimum absolute atomic E-state index is 0.00590. The van der Waals surface area contributed by atoms with E-state index in [4.69, 9.17) is 9.47 Å². The van der Waals surface area contributed by atoms with Gasteiger partial charge < -0.3 is 9.47 Å².